The van der Waals surface area contributed by atoms with Crippen LogP contribution in [-0.2, 0) is 0 Å². The predicted molar refractivity (Wildman–Crippen MR) is 64.1 cm³/mol. The van der Waals surface area contributed by atoms with E-state index >= 15 is 0 Å². The first kappa shape index (κ1) is 11.6. The van der Waals surface area contributed by atoms with Crippen molar-refractivity contribution in [2.24, 2.45) is 5.73 Å². The molecule has 0 aliphatic carbocycles. The second-order valence-corrected chi connectivity index (χ2v) is 4.28. The molecule has 74 valence electrons. The van der Waals surface area contributed by atoms with Crippen molar-refractivity contribution in [1.82, 2.24) is 0 Å². The topological polar surface area (TPSA) is 26.0 Å². The molecule has 0 aromatic heterocycles. The zero-order valence-corrected chi connectivity index (χ0v) is 9.98. The highest BCUT2D eigenvalue weighted by Crippen LogP contribution is 2.26. The van der Waals surface area contributed by atoms with Gasteiger partial charge in [-0.3, -0.25) is 0 Å². The lowest BCUT2D eigenvalue weighted by Gasteiger charge is -2.10. The third-order valence-electron chi connectivity index (χ3n) is 1.97. The van der Waals surface area contributed by atoms with E-state index in [1.807, 2.05) is 18.2 Å². The van der Waals surface area contributed by atoms with Crippen molar-refractivity contribution in [2.45, 2.75) is 18.9 Å². The number of nitrogens with two attached hydrogens (primary N) is 1. The van der Waals surface area contributed by atoms with E-state index in [9.17, 15) is 0 Å². The Morgan fingerprint density at radius 1 is 1.57 bits per heavy atom. The van der Waals surface area contributed by atoms with Crippen LogP contribution in [0.2, 0.25) is 5.02 Å². The van der Waals surface area contributed by atoms with Crippen LogP contribution in [0.4, 0.5) is 0 Å². The monoisotopic (exact) mass is 271 g/mol. The van der Waals surface area contributed by atoms with E-state index in [0.29, 0.717) is 11.4 Å². The summed E-state index contributed by atoms with van der Waals surface area (Å²) in [4.78, 5) is 0. The molecule has 1 aromatic rings. The van der Waals surface area contributed by atoms with Crippen molar-refractivity contribution in [3.8, 4) is 12.3 Å². The molecule has 0 radical (unpaired) electrons. The van der Waals surface area contributed by atoms with Gasteiger partial charge in [-0.15, -0.1) is 12.3 Å². The molecular formula is C11H11BrClN. The maximum absolute atomic E-state index is 5.94. The maximum Gasteiger partial charge on any atom is 0.0548 e. The van der Waals surface area contributed by atoms with E-state index in [-0.39, 0.29) is 6.04 Å². The molecule has 0 aliphatic heterocycles. The summed E-state index contributed by atoms with van der Waals surface area (Å²) in [6.07, 6.45) is 6.67. The van der Waals surface area contributed by atoms with Gasteiger partial charge in [-0.05, 0) is 40.0 Å². The molecule has 0 fully saturated rings. The van der Waals surface area contributed by atoms with Gasteiger partial charge in [0.25, 0.3) is 0 Å². The van der Waals surface area contributed by atoms with Crippen molar-refractivity contribution >= 4 is 27.5 Å². The normalized spacial score (nSPS) is 12.1. The van der Waals surface area contributed by atoms with Crippen LogP contribution in [-0.4, -0.2) is 0 Å². The molecule has 0 spiro atoms. The number of hydrogen-bond acceptors (Lipinski definition) is 1. The third kappa shape index (κ3) is 3.02. The number of benzene rings is 1. The summed E-state index contributed by atoms with van der Waals surface area (Å²) >= 11 is 9.22. The van der Waals surface area contributed by atoms with E-state index in [2.05, 4.69) is 21.9 Å². The van der Waals surface area contributed by atoms with Crippen molar-refractivity contribution in [2.75, 3.05) is 0 Å². The highest BCUT2D eigenvalue weighted by atomic mass is 79.9. The summed E-state index contributed by atoms with van der Waals surface area (Å²) in [5.41, 5.74) is 6.99. The van der Waals surface area contributed by atoms with E-state index in [1.165, 1.54) is 0 Å². The van der Waals surface area contributed by atoms with E-state index < -0.39 is 0 Å². The molecule has 0 amide bonds. The standard InChI is InChI=1S/C11H11BrClN/c1-2-3-4-11(14)8-5-6-10(13)9(12)7-8/h1,5-7,11H,3-4,14H2. The molecule has 14 heavy (non-hydrogen) atoms. The highest BCUT2D eigenvalue weighted by Gasteiger charge is 2.06. The minimum absolute atomic E-state index is 0.0142. The average Bonchev–Trinajstić information content (AvgIpc) is 2.18. The quantitative estimate of drug-likeness (QED) is 0.837. The molecule has 1 unspecified atom stereocenters. The fraction of sp³-hybridized carbons (Fsp3) is 0.273. The van der Waals surface area contributed by atoms with Crippen LogP contribution in [0.3, 0.4) is 0 Å². The summed E-state index contributed by atoms with van der Waals surface area (Å²) in [5.74, 6) is 2.58. The lowest BCUT2D eigenvalue weighted by Crippen LogP contribution is -2.09. The average molecular weight is 273 g/mol. The second kappa shape index (κ2) is 5.41. The Hall–Kier alpha value is -0.490. The summed E-state index contributed by atoms with van der Waals surface area (Å²) in [6.45, 7) is 0. The molecular weight excluding hydrogens is 261 g/mol. The summed E-state index contributed by atoms with van der Waals surface area (Å²) in [7, 11) is 0. The van der Waals surface area contributed by atoms with E-state index in [4.69, 9.17) is 23.8 Å². The van der Waals surface area contributed by atoms with Gasteiger partial charge in [-0.1, -0.05) is 17.7 Å². The van der Waals surface area contributed by atoms with Crippen LogP contribution in [0.5, 0.6) is 0 Å². The molecule has 1 nitrogen and oxygen atoms in total. The number of hydrogen-bond donors (Lipinski definition) is 1. The van der Waals surface area contributed by atoms with Gasteiger partial charge >= 0.3 is 0 Å². The lowest BCUT2D eigenvalue weighted by atomic mass is 10.0. The largest absolute Gasteiger partial charge is 0.324 e. The molecule has 0 saturated heterocycles. The molecule has 0 bridgehead atoms. The van der Waals surface area contributed by atoms with Gasteiger partial charge in [0.15, 0.2) is 0 Å². The molecule has 1 aromatic carbocycles. The van der Waals surface area contributed by atoms with Gasteiger partial charge in [0.05, 0.1) is 5.02 Å². The number of rotatable bonds is 3. The van der Waals surface area contributed by atoms with Gasteiger partial charge in [-0.2, -0.15) is 0 Å². The third-order valence-corrected chi connectivity index (χ3v) is 3.19. The van der Waals surface area contributed by atoms with Crippen LogP contribution >= 0.6 is 27.5 Å². The Balaban J connectivity index is 2.76. The smallest absolute Gasteiger partial charge is 0.0548 e. The summed E-state index contributed by atoms with van der Waals surface area (Å²) < 4.78 is 0.868. The van der Waals surface area contributed by atoms with Crippen LogP contribution in [0.15, 0.2) is 22.7 Å². The van der Waals surface area contributed by atoms with E-state index in [0.717, 1.165) is 16.5 Å². The molecule has 0 saturated carbocycles. The zero-order chi connectivity index (χ0) is 10.6. The molecule has 1 rings (SSSR count). The Bertz CT molecular complexity index is 357. The first-order valence-electron chi connectivity index (χ1n) is 4.29. The van der Waals surface area contributed by atoms with E-state index in [1.54, 1.807) is 0 Å². The Morgan fingerprint density at radius 2 is 2.29 bits per heavy atom. The predicted octanol–water partition coefficient (Wildman–Crippen LogP) is 3.52. The first-order valence-corrected chi connectivity index (χ1v) is 5.46. The van der Waals surface area contributed by atoms with Gasteiger partial charge in [-0.25, -0.2) is 0 Å². The molecule has 1 atom stereocenters. The first-order chi connectivity index (χ1) is 6.65. The fourth-order valence-electron chi connectivity index (χ4n) is 1.15. The highest BCUT2D eigenvalue weighted by molar-refractivity contribution is 9.10. The van der Waals surface area contributed by atoms with Crippen molar-refractivity contribution in [3.05, 3.63) is 33.3 Å². The Morgan fingerprint density at radius 3 is 2.86 bits per heavy atom. The minimum atomic E-state index is -0.0142. The van der Waals surface area contributed by atoms with Crippen molar-refractivity contribution < 1.29 is 0 Å². The number of halogens is 2. The van der Waals surface area contributed by atoms with Gasteiger partial charge in [0, 0.05) is 16.9 Å². The fourth-order valence-corrected chi connectivity index (χ4v) is 1.66. The second-order valence-electron chi connectivity index (χ2n) is 3.02. The van der Waals surface area contributed by atoms with Crippen LogP contribution < -0.4 is 5.73 Å². The zero-order valence-electron chi connectivity index (χ0n) is 7.63. The lowest BCUT2D eigenvalue weighted by molar-refractivity contribution is 0.667. The molecule has 0 aliphatic rings. The van der Waals surface area contributed by atoms with Gasteiger partial charge in [0.2, 0.25) is 0 Å². The van der Waals surface area contributed by atoms with Crippen LogP contribution in [0, 0.1) is 12.3 Å². The van der Waals surface area contributed by atoms with Crippen molar-refractivity contribution in [1.29, 1.82) is 0 Å². The Kier molecular flexibility index (Phi) is 4.47. The van der Waals surface area contributed by atoms with Crippen LogP contribution in [0.1, 0.15) is 24.4 Å². The molecule has 3 heteroatoms. The SMILES string of the molecule is C#CCCC(N)c1ccc(Cl)c(Br)c1. The van der Waals surface area contributed by atoms with Crippen LogP contribution in [0.25, 0.3) is 0 Å². The van der Waals surface area contributed by atoms with Gasteiger partial charge < -0.3 is 5.73 Å². The summed E-state index contributed by atoms with van der Waals surface area (Å²) in [5, 5.41) is 0.692. The number of terminal acetylenes is 1. The van der Waals surface area contributed by atoms with Crippen molar-refractivity contribution in [3.63, 3.8) is 0 Å². The molecule has 0 heterocycles. The molecule has 2 N–H and O–H groups in total. The maximum atomic E-state index is 5.94. The van der Waals surface area contributed by atoms with Gasteiger partial charge in [0.1, 0.15) is 0 Å². The minimum Gasteiger partial charge on any atom is -0.324 e. The Labute approximate surface area is 97.8 Å². The summed E-state index contributed by atoms with van der Waals surface area (Å²) in [6, 6.07) is 5.67.